The average molecular weight is 205 g/mol. The highest BCUT2D eigenvalue weighted by atomic mass is 16.5. The standard InChI is InChI=1S/C10H7NO4/c12-9-5-8(10(13)14)11(15)7-4-2-1-3-6(7)9/h1-5,15H,(H,13,14). The van der Waals surface area contributed by atoms with Gasteiger partial charge in [0.2, 0.25) is 0 Å². The van der Waals surface area contributed by atoms with E-state index in [0.717, 1.165) is 6.07 Å². The summed E-state index contributed by atoms with van der Waals surface area (Å²) < 4.78 is 0.499. The highest BCUT2D eigenvalue weighted by Gasteiger charge is 2.12. The molecule has 0 radical (unpaired) electrons. The zero-order valence-electron chi connectivity index (χ0n) is 7.54. The van der Waals surface area contributed by atoms with E-state index in [0.29, 0.717) is 4.73 Å². The van der Waals surface area contributed by atoms with E-state index < -0.39 is 17.1 Å². The number of nitrogens with zero attached hydrogens (tertiary/aromatic N) is 1. The number of fused-ring (bicyclic) bond motifs is 1. The third-order valence-electron chi connectivity index (χ3n) is 2.11. The Morgan fingerprint density at radius 1 is 1.27 bits per heavy atom. The number of carbonyl (C=O) groups is 1. The highest BCUT2D eigenvalue weighted by molar-refractivity contribution is 5.90. The number of aromatic carboxylic acids is 1. The van der Waals surface area contributed by atoms with E-state index >= 15 is 0 Å². The second-order valence-corrected chi connectivity index (χ2v) is 3.03. The maximum atomic E-state index is 11.5. The van der Waals surface area contributed by atoms with E-state index in [1.54, 1.807) is 12.1 Å². The summed E-state index contributed by atoms with van der Waals surface area (Å²) in [6, 6.07) is 7.15. The Kier molecular flexibility index (Phi) is 1.93. The molecule has 2 aromatic rings. The number of carboxylic acid groups (broad SMARTS) is 1. The van der Waals surface area contributed by atoms with Crippen LogP contribution in [0.25, 0.3) is 10.9 Å². The van der Waals surface area contributed by atoms with Crippen molar-refractivity contribution < 1.29 is 15.1 Å². The van der Waals surface area contributed by atoms with Crippen molar-refractivity contribution in [3.63, 3.8) is 0 Å². The number of hydrogen-bond donors (Lipinski definition) is 2. The first-order valence-electron chi connectivity index (χ1n) is 4.18. The lowest BCUT2D eigenvalue weighted by Crippen LogP contribution is -2.16. The quantitative estimate of drug-likeness (QED) is 0.679. The van der Waals surface area contributed by atoms with Crippen molar-refractivity contribution in [2.75, 3.05) is 0 Å². The maximum absolute atomic E-state index is 11.5. The van der Waals surface area contributed by atoms with Gasteiger partial charge < -0.3 is 10.3 Å². The van der Waals surface area contributed by atoms with Crippen LogP contribution in [0.15, 0.2) is 35.1 Å². The first-order valence-corrected chi connectivity index (χ1v) is 4.18. The molecule has 0 bridgehead atoms. The summed E-state index contributed by atoms with van der Waals surface area (Å²) in [5, 5.41) is 18.6. The summed E-state index contributed by atoms with van der Waals surface area (Å²) in [7, 11) is 0. The maximum Gasteiger partial charge on any atom is 0.356 e. The van der Waals surface area contributed by atoms with Crippen molar-refractivity contribution in [2.45, 2.75) is 0 Å². The molecule has 0 amide bonds. The Hall–Kier alpha value is -2.30. The summed E-state index contributed by atoms with van der Waals surface area (Å²) in [4.78, 5) is 22.2. The zero-order chi connectivity index (χ0) is 11.0. The van der Waals surface area contributed by atoms with E-state index in [4.69, 9.17) is 5.11 Å². The smallest absolute Gasteiger partial charge is 0.356 e. The summed E-state index contributed by atoms with van der Waals surface area (Å²) >= 11 is 0. The van der Waals surface area contributed by atoms with Gasteiger partial charge in [0.1, 0.15) is 0 Å². The number of hydrogen-bond acceptors (Lipinski definition) is 3. The Morgan fingerprint density at radius 2 is 1.93 bits per heavy atom. The number of para-hydroxylation sites is 1. The number of benzene rings is 1. The summed E-state index contributed by atoms with van der Waals surface area (Å²) in [6.45, 7) is 0. The molecule has 0 aliphatic heterocycles. The molecule has 0 saturated carbocycles. The minimum atomic E-state index is -1.35. The third-order valence-corrected chi connectivity index (χ3v) is 2.11. The molecular formula is C10H7NO4. The average Bonchev–Trinajstić information content (AvgIpc) is 2.23. The van der Waals surface area contributed by atoms with E-state index in [1.165, 1.54) is 12.1 Å². The fraction of sp³-hybridized carbons (Fsp3) is 0. The molecule has 1 heterocycles. The minimum absolute atomic E-state index is 0.183. The topological polar surface area (TPSA) is 79.5 Å². The molecule has 0 fully saturated rings. The van der Waals surface area contributed by atoms with Crippen LogP contribution in [0.1, 0.15) is 10.5 Å². The molecule has 5 heteroatoms. The number of pyridine rings is 1. The molecule has 5 nitrogen and oxygen atoms in total. The number of carboxylic acids is 1. The van der Waals surface area contributed by atoms with Gasteiger partial charge in [0.05, 0.1) is 5.52 Å². The van der Waals surface area contributed by atoms with Crippen LogP contribution in [0.2, 0.25) is 0 Å². The largest absolute Gasteiger partial charge is 0.476 e. The molecule has 2 rings (SSSR count). The first-order chi connectivity index (χ1) is 7.11. The molecule has 0 unspecified atom stereocenters. The second-order valence-electron chi connectivity index (χ2n) is 3.03. The predicted octanol–water partition coefficient (Wildman–Crippen LogP) is 0.937. The first kappa shape index (κ1) is 9.26. The van der Waals surface area contributed by atoms with Gasteiger partial charge >= 0.3 is 5.97 Å². The lowest BCUT2D eigenvalue weighted by Gasteiger charge is -2.06. The van der Waals surface area contributed by atoms with Crippen molar-refractivity contribution in [2.24, 2.45) is 0 Å². The van der Waals surface area contributed by atoms with Crippen LogP contribution < -0.4 is 5.43 Å². The molecule has 0 spiro atoms. The molecule has 76 valence electrons. The fourth-order valence-electron chi connectivity index (χ4n) is 1.41. The van der Waals surface area contributed by atoms with Crippen LogP contribution in [0.5, 0.6) is 0 Å². The lowest BCUT2D eigenvalue weighted by molar-refractivity contribution is 0.0647. The van der Waals surface area contributed by atoms with Crippen LogP contribution >= 0.6 is 0 Å². The van der Waals surface area contributed by atoms with Gasteiger partial charge in [-0.05, 0) is 12.1 Å². The van der Waals surface area contributed by atoms with Crippen LogP contribution in [-0.4, -0.2) is 21.0 Å². The number of aromatic nitrogens is 1. The second kappa shape index (κ2) is 3.13. The SMILES string of the molecule is O=C(O)c1cc(=O)c2ccccc2n1O. The van der Waals surface area contributed by atoms with Crippen LogP contribution in [0, 0.1) is 0 Å². The Balaban J connectivity index is 2.97. The van der Waals surface area contributed by atoms with Crippen LogP contribution in [-0.2, 0) is 0 Å². The van der Waals surface area contributed by atoms with Crippen molar-refractivity contribution in [3.8, 4) is 0 Å². The van der Waals surface area contributed by atoms with Gasteiger partial charge in [-0.2, -0.15) is 4.73 Å². The van der Waals surface area contributed by atoms with Gasteiger partial charge in [-0.1, -0.05) is 12.1 Å². The molecule has 0 atom stereocenters. The van der Waals surface area contributed by atoms with Crippen molar-refractivity contribution in [3.05, 3.63) is 46.2 Å². The minimum Gasteiger partial charge on any atom is -0.476 e. The summed E-state index contributed by atoms with van der Waals surface area (Å²) in [5.41, 5.74) is -0.686. The van der Waals surface area contributed by atoms with Crippen molar-refractivity contribution in [1.29, 1.82) is 0 Å². The molecular weight excluding hydrogens is 198 g/mol. The fourth-order valence-corrected chi connectivity index (χ4v) is 1.41. The predicted molar refractivity (Wildman–Crippen MR) is 52.4 cm³/mol. The monoisotopic (exact) mass is 205 g/mol. The number of rotatable bonds is 1. The molecule has 15 heavy (non-hydrogen) atoms. The molecule has 0 saturated heterocycles. The van der Waals surface area contributed by atoms with Crippen LogP contribution in [0.3, 0.4) is 0 Å². The van der Waals surface area contributed by atoms with E-state index in [-0.39, 0.29) is 10.9 Å². The molecule has 0 aliphatic rings. The van der Waals surface area contributed by atoms with Crippen LogP contribution in [0.4, 0.5) is 0 Å². The van der Waals surface area contributed by atoms with Gasteiger partial charge in [-0.3, -0.25) is 4.79 Å². The van der Waals surface area contributed by atoms with E-state index in [2.05, 4.69) is 0 Å². The summed E-state index contributed by atoms with van der Waals surface area (Å²) in [6.07, 6.45) is 0. The Morgan fingerprint density at radius 3 is 2.60 bits per heavy atom. The van der Waals surface area contributed by atoms with Crippen molar-refractivity contribution >= 4 is 16.9 Å². The summed E-state index contributed by atoms with van der Waals surface area (Å²) in [5.74, 6) is -1.35. The lowest BCUT2D eigenvalue weighted by atomic mass is 10.2. The van der Waals surface area contributed by atoms with Gasteiger partial charge in [-0.25, -0.2) is 4.79 Å². The Bertz CT molecular complexity index is 600. The normalized spacial score (nSPS) is 10.4. The van der Waals surface area contributed by atoms with Crippen molar-refractivity contribution in [1.82, 2.24) is 4.73 Å². The van der Waals surface area contributed by atoms with E-state index in [9.17, 15) is 14.8 Å². The molecule has 2 N–H and O–H groups in total. The Labute approximate surface area is 83.8 Å². The highest BCUT2D eigenvalue weighted by Crippen LogP contribution is 2.10. The third kappa shape index (κ3) is 1.34. The molecule has 0 aliphatic carbocycles. The van der Waals surface area contributed by atoms with Gasteiger partial charge in [0.15, 0.2) is 11.1 Å². The molecule has 1 aromatic heterocycles. The van der Waals surface area contributed by atoms with E-state index in [1.807, 2.05) is 0 Å². The van der Waals surface area contributed by atoms with Gasteiger partial charge in [0, 0.05) is 11.5 Å². The zero-order valence-corrected chi connectivity index (χ0v) is 7.54. The molecule has 1 aromatic carbocycles. The van der Waals surface area contributed by atoms with Gasteiger partial charge in [0.25, 0.3) is 0 Å². The van der Waals surface area contributed by atoms with Gasteiger partial charge in [-0.15, -0.1) is 0 Å².